The topological polar surface area (TPSA) is 55.6 Å². The van der Waals surface area contributed by atoms with Crippen LogP contribution in [0.1, 0.15) is 0 Å². The highest BCUT2D eigenvalue weighted by Crippen LogP contribution is 2.35. The van der Waals surface area contributed by atoms with Crippen molar-refractivity contribution in [2.24, 2.45) is 0 Å². The maximum atomic E-state index is 13.2. The molecular weight excluding hydrogens is 247 g/mol. The normalized spacial score (nSPS) is 14.9. The number of fused-ring (bicyclic) bond motifs is 1. The van der Waals surface area contributed by atoms with Crippen LogP contribution in [-0.4, -0.2) is 19.1 Å². The Morgan fingerprint density at radius 3 is 3.06 bits per heavy atom. The second-order valence-corrected chi connectivity index (χ2v) is 3.75. The van der Waals surface area contributed by atoms with Gasteiger partial charge in [-0.1, -0.05) is 17.7 Å². The van der Waals surface area contributed by atoms with Crippen molar-refractivity contribution in [1.82, 2.24) is 0 Å². The Hall–Kier alpha value is -1.75. The summed E-state index contributed by atoms with van der Waals surface area (Å²) in [5.41, 5.74) is 7.21. The van der Waals surface area contributed by atoms with Crippen LogP contribution in [-0.2, 0) is 4.79 Å². The predicted octanol–water partition coefficient (Wildman–Crippen LogP) is 1.89. The van der Waals surface area contributed by atoms with Gasteiger partial charge in [0, 0.05) is 18.1 Å². The van der Waals surface area contributed by atoms with Crippen molar-refractivity contribution in [2.45, 2.75) is 0 Å². The lowest BCUT2D eigenvalue weighted by atomic mass is 10.2. The van der Waals surface area contributed by atoms with Crippen LogP contribution < -0.4 is 15.4 Å². The SMILES string of the molecule is Nc1cc2c(cc1F)OCC(=O)N2C/C=C/Cl. The van der Waals surface area contributed by atoms with Crippen LogP contribution in [0, 0.1) is 5.82 Å². The van der Waals surface area contributed by atoms with E-state index in [-0.39, 0.29) is 18.2 Å². The zero-order valence-electron chi connectivity index (χ0n) is 8.82. The lowest BCUT2D eigenvalue weighted by Crippen LogP contribution is -2.39. The third-order valence-electron chi connectivity index (χ3n) is 2.40. The number of nitrogen functional groups attached to an aromatic ring is 1. The number of benzene rings is 1. The van der Waals surface area contributed by atoms with Gasteiger partial charge in [-0.05, 0) is 6.07 Å². The van der Waals surface area contributed by atoms with Gasteiger partial charge in [-0.15, -0.1) is 0 Å². The summed E-state index contributed by atoms with van der Waals surface area (Å²) >= 11 is 5.42. The van der Waals surface area contributed by atoms with Gasteiger partial charge in [0.15, 0.2) is 6.61 Å². The van der Waals surface area contributed by atoms with Gasteiger partial charge >= 0.3 is 0 Å². The minimum absolute atomic E-state index is 0.0260. The van der Waals surface area contributed by atoms with Gasteiger partial charge in [0.1, 0.15) is 11.6 Å². The van der Waals surface area contributed by atoms with Gasteiger partial charge < -0.3 is 15.4 Å². The number of halogens is 2. The lowest BCUT2D eigenvalue weighted by molar-refractivity contribution is -0.121. The molecule has 1 amide bonds. The maximum Gasteiger partial charge on any atom is 0.265 e. The van der Waals surface area contributed by atoms with Gasteiger partial charge in [0.25, 0.3) is 5.91 Å². The van der Waals surface area contributed by atoms with E-state index in [4.69, 9.17) is 22.1 Å². The molecule has 0 spiro atoms. The third-order valence-corrected chi connectivity index (χ3v) is 2.58. The Kier molecular flexibility index (Phi) is 3.19. The van der Waals surface area contributed by atoms with Crippen molar-refractivity contribution in [3.05, 3.63) is 29.6 Å². The Morgan fingerprint density at radius 2 is 2.35 bits per heavy atom. The van der Waals surface area contributed by atoms with Gasteiger partial charge in [-0.25, -0.2) is 4.39 Å². The number of nitrogens with two attached hydrogens (primary N) is 1. The summed E-state index contributed by atoms with van der Waals surface area (Å²) in [5, 5.41) is 0. The van der Waals surface area contributed by atoms with Crippen molar-refractivity contribution in [2.75, 3.05) is 23.8 Å². The maximum absolute atomic E-state index is 13.2. The predicted molar refractivity (Wildman–Crippen MR) is 63.7 cm³/mol. The largest absolute Gasteiger partial charge is 0.481 e. The fourth-order valence-corrected chi connectivity index (χ4v) is 1.66. The first-order chi connectivity index (χ1) is 8.13. The molecule has 0 saturated carbocycles. The number of nitrogens with zero attached hydrogens (tertiary/aromatic N) is 1. The van der Waals surface area contributed by atoms with E-state index in [1.54, 1.807) is 6.08 Å². The van der Waals surface area contributed by atoms with Crippen LogP contribution in [0.25, 0.3) is 0 Å². The number of anilines is 2. The second kappa shape index (κ2) is 4.63. The van der Waals surface area contributed by atoms with Crippen molar-refractivity contribution in [3.8, 4) is 5.75 Å². The molecular formula is C11H10ClFN2O2. The molecule has 0 aliphatic carbocycles. The minimum atomic E-state index is -0.564. The Bertz CT molecular complexity index is 491. The van der Waals surface area contributed by atoms with E-state index < -0.39 is 5.82 Å². The molecule has 0 bridgehead atoms. The Labute approximate surface area is 102 Å². The molecule has 17 heavy (non-hydrogen) atoms. The fraction of sp³-hybridized carbons (Fsp3) is 0.182. The van der Waals surface area contributed by atoms with Crippen LogP contribution >= 0.6 is 11.6 Å². The molecule has 90 valence electrons. The van der Waals surface area contributed by atoms with Gasteiger partial charge in [0.2, 0.25) is 0 Å². The summed E-state index contributed by atoms with van der Waals surface area (Å²) in [5.74, 6) is -0.483. The van der Waals surface area contributed by atoms with Gasteiger partial charge in [-0.2, -0.15) is 0 Å². The first-order valence-electron chi connectivity index (χ1n) is 4.91. The van der Waals surface area contributed by atoms with E-state index in [0.29, 0.717) is 18.0 Å². The lowest BCUT2D eigenvalue weighted by Gasteiger charge is -2.28. The highest BCUT2D eigenvalue weighted by atomic mass is 35.5. The molecule has 0 radical (unpaired) electrons. The number of carbonyl (C=O) groups is 1. The van der Waals surface area contributed by atoms with Crippen LogP contribution in [0.4, 0.5) is 15.8 Å². The van der Waals surface area contributed by atoms with E-state index in [9.17, 15) is 9.18 Å². The molecule has 1 aliphatic rings. The van der Waals surface area contributed by atoms with Crippen molar-refractivity contribution in [3.63, 3.8) is 0 Å². The highest BCUT2D eigenvalue weighted by Gasteiger charge is 2.25. The van der Waals surface area contributed by atoms with Crippen molar-refractivity contribution < 1.29 is 13.9 Å². The third kappa shape index (κ3) is 2.19. The first-order valence-corrected chi connectivity index (χ1v) is 5.34. The summed E-state index contributed by atoms with van der Waals surface area (Å²) in [6.45, 7) is 0.177. The minimum Gasteiger partial charge on any atom is -0.481 e. The second-order valence-electron chi connectivity index (χ2n) is 3.50. The summed E-state index contributed by atoms with van der Waals surface area (Å²) in [6.07, 6.45) is 1.61. The quantitative estimate of drug-likeness (QED) is 0.822. The summed E-state index contributed by atoms with van der Waals surface area (Å²) in [7, 11) is 0. The summed E-state index contributed by atoms with van der Waals surface area (Å²) in [4.78, 5) is 13.1. The smallest absolute Gasteiger partial charge is 0.265 e. The van der Waals surface area contributed by atoms with Crippen LogP contribution in [0.2, 0.25) is 0 Å². The first kappa shape index (κ1) is 11.7. The van der Waals surface area contributed by atoms with Gasteiger partial charge in [-0.3, -0.25) is 4.79 Å². The zero-order valence-corrected chi connectivity index (χ0v) is 9.58. The van der Waals surface area contributed by atoms with E-state index in [0.717, 1.165) is 0 Å². The summed E-state index contributed by atoms with van der Waals surface area (Å²) in [6, 6.07) is 2.55. The molecule has 1 heterocycles. The molecule has 0 unspecified atom stereocenters. The molecule has 0 saturated heterocycles. The number of hydrogen-bond donors (Lipinski definition) is 1. The fourth-order valence-electron chi connectivity index (χ4n) is 1.58. The van der Waals surface area contributed by atoms with E-state index in [1.165, 1.54) is 22.6 Å². The number of hydrogen-bond acceptors (Lipinski definition) is 3. The molecule has 2 N–H and O–H groups in total. The van der Waals surface area contributed by atoms with Crippen LogP contribution in [0.5, 0.6) is 5.75 Å². The molecule has 1 aromatic carbocycles. The van der Waals surface area contributed by atoms with Crippen molar-refractivity contribution in [1.29, 1.82) is 0 Å². The Balaban J connectivity index is 2.43. The molecule has 2 rings (SSSR count). The zero-order chi connectivity index (χ0) is 12.4. The number of ether oxygens (including phenoxy) is 1. The number of rotatable bonds is 2. The average Bonchev–Trinajstić information content (AvgIpc) is 2.30. The van der Waals surface area contributed by atoms with Crippen molar-refractivity contribution >= 4 is 28.9 Å². The molecule has 1 aromatic rings. The van der Waals surface area contributed by atoms with E-state index >= 15 is 0 Å². The van der Waals surface area contributed by atoms with E-state index in [1.807, 2.05) is 0 Å². The Morgan fingerprint density at radius 1 is 1.59 bits per heavy atom. The molecule has 0 atom stereocenters. The molecule has 0 aromatic heterocycles. The summed E-state index contributed by atoms with van der Waals surface area (Å²) < 4.78 is 18.4. The van der Waals surface area contributed by atoms with Crippen LogP contribution in [0.15, 0.2) is 23.7 Å². The number of amides is 1. The van der Waals surface area contributed by atoms with Crippen LogP contribution in [0.3, 0.4) is 0 Å². The van der Waals surface area contributed by atoms with E-state index in [2.05, 4.69) is 0 Å². The monoisotopic (exact) mass is 256 g/mol. The molecule has 1 aliphatic heterocycles. The number of carbonyl (C=O) groups excluding carboxylic acids is 1. The molecule has 0 fully saturated rings. The van der Waals surface area contributed by atoms with Gasteiger partial charge in [0.05, 0.1) is 11.4 Å². The molecule has 4 nitrogen and oxygen atoms in total. The standard InChI is InChI=1S/C11H10ClFN2O2/c12-2-1-3-15-9-5-8(14)7(13)4-10(9)17-6-11(15)16/h1-2,4-5H,3,6,14H2/b2-1+. The average molecular weight is 257 g/mol. The highest BCUT2D eigenvalue weighted by molar-refractivity contribution is 6.25. The molecule has 6 heteroatoms.